The molecule has 68 valence electrons. The molecule has 0 rings (SSSR count). The zero-order chi connectivity index (χ0) is 7.86. The monoisotopic (exact) mass is 166 g/mol. The van der Waals surface area contributed by atoms with E-state index < -0.39 is 11.9 Å². The molecular weight excluding hydrogens is 152 g/mol. The van der Waals surface area contributed by atoms with Gasteiger partial charge in [-0.2, -0.15) is 0 Å². The van der Waals surface area contributed by atoms with Crippen molar-refractivity contribution in [2.75, 3.05) is 0 Å². The lowest BCUT2D eigenvalue weighted by Crippen LogP contribution is -2.09. The minimum atomic E-state index is -1.82. The van der Waals surface area contributed by atoms with Gasteiger partial charge in [-0.05, 0) is 6.92 Å². The van der Waals surface area contributed by atoms with Crippen molar-refractivity contribution >= 4 is 11.9 Å². The van der Waals surface area contributed by atoms with Crippen molar-refractivity contribution in [2.24, 2.45) is 0 Å². The summed E-state index contributed by atoms with van der Waals surface area (Å²) in [6.07, 6.45) is 1.75. The predicted octanol–water partition coefficient (Wildman–Crippen LogP) is 0.672. The molecule has 8 N–H and O–H groups in total. The molecule has 0 aromatic rings. The molecule has 0 atom stereocenters. The maximum absolute atomic E-state index is 9.10. The second kappa shape index (κ2) is 15.8. The van der Waals surface area contributed by atoms with Gasteiger partial charge in [-0.15, -0.1) is 6.58 Å². The highest BCUT2D eigenvalue weighted by Crippen LogP contribution is 1.56. The van der Waals surface area contributed by atoms with Gasteiger partial charge >= 0.3 is 11.9 Å². The van der Waals surface area contributed by atoms with Crippen LogP contribution in [0.4, 0.5) is 0 Å². The third-order valence-electron chi connectivity index (χ3n) is 0.183. The number of allylic oxidation sites excluding steroid dienone is 1. The van der Waals surface area contributed by atoms with Gasteiger partial charge in [-0.1, -0.05) is 6.08 Å². The Bertz CT molecular complexity index is 112. The van der Waals surface area contributed by atoms with Crippen molar-refractivity contribution < 1.29 is 19.8 Å². The first-order valence-corrected chi connectivity index (χ1v) is 2.09. The Balaban J connectivity index is -0.0000000437. The molecule has 0 aromatic heterocycles. The Morgan fingerprint density at radius 3 is 1.27 bits per heavy atom. The highest BCUT2D eigenvalue weighted by molar-refractivity contribution is 6.27. The standard InChI is InChI=1S/C3H6.C2H2O4.2H3N/c1-3-2;3-1(4)2(5)6;;/h3H,1H2,2H3;(H,3,4)(H,5,6);2*1H3. The first kappa shape index (κ1) is 22.6. The zero-order valence-corrected chi connectivity index (χ0v) is 6.41. The third-order valence-corrected chi connectivity index (χ3v) is 0.183. The van der Waals surface area contributed by atoms with Gasteiger partial charge in [0.05, 0.1) is 0 Å². The van der Waals surface area contributed by atoms with E-state index in [4.69, 9.17) is 19.8 Å². The average molecular weight is 166 g/mol. The first-order valence-electron chi connectivity index (χ1n) is 2.09. The Morgan fingerprint density at radius 1 is 1.18 bits per heavy atom. The quantitative estimate of drug-likeness (QED) is 0.307. The van der Waals surface area contributed by atoms with Gasteiger partial charge < -0.3 is 22.5 Å². The highest BCUT2D eigenvalue weighted by Gasteiger charge is 2.04. The SMILES string of the molecule is C=CC.N.N.O=C(O)C(=O)O. The number of carbonyl (C=O) groups is 2. The van der Waals surface area contributed by atoms with E-state index in [1.165, 1.54) is 0 Å². The summed E-state index contributed by atoms with van der Waals surface area (Å²) in [5.74, 6) is -3.65. The zero-order valence-electron chi connectivity index (χ0n) is 6.41. The first-order chi connectivity index (χ1) is 4.06. The van der Waals surface area contributed by atoms with Crippen LogP contribution in [-0.2, 0) is 9.59 Å². The fraction of sp³-hybridized carbons (Fsp3) is 0.200. The fourth-order valence-corrected chi connectivity index (χ4v) is 0. The number of carboxylic acids is 2. The molecule has 0 aliphatic carbocycles. The van der Waals surface area contributed by atoms with Crippen molar-refractivity contribution in [3.05, 3.63) is 12.7 Å². The Morgan fingerprint density at radius 2 is 1.27 bits per heavy atom. The van der Waals surface area contributed by atoms with Crippen LogP contribution in [0.5, 0.6) is 0 Å². The summed E-state index contributed by atoms with van der Waals surface area (Å²) >= 11 is 0. The van der Waals surface area contributed by atoms with Crippen LogP contribution in [0.15, 0.2) is 12.7 Å². The second-order valence-corrected chi connectivity index (χ2v) is 1.02. The van der Waals surface area contributed by atoms with E-state index in [0.717, 1.165) is 0 Å². The van der Waals surface area contributed by atoms with Crippen LogP contribution in [0.25, 0.3) is 0 Å². The van der Waals surface area contributed by atoms with Gasteiger partial charge in [-0.25, -0.2) is 9.59 Å². The minimum absolute atomic E-state index is 0. The van der Waals surface area contributed by atoms with E-state index in [1.54, 1.807) is 6.08 Å². The molecule has 0 spiro atoms. The van der Waals surface area contributed by atoms with Gasteiger partial charge in [0.1, 0.15) is 0 Å². The Labute approximate surface area is 64.7 Å². The Hall–Kier alpha value is -1.40. The molecule has 0 unspecified atom stereocenters. The summed E-state index contributed by atoms with van der Waals surface area (Å²) in [5, 5.41) is 14.8. The van der Waals surface area contributed by atoms with Crippen LogP contribution < -0.4 is 12.3 Å². The number of aliphatic carboxylic acids is 2. The van der Waals surface area contributed by atoms with Crippen LogP contribution >= 0.6 is 0 Å². The number of carboxylic acid groups (broad SMARTS) is 2. The summed E-state index contributed by atoms with van der Waals surface area (Å²) < 4.78 is 0. The summed E-state index contributed by atoms with van der Waals surface area (Å²) in [6.45, 7) is 5.25. The van der Waals surface area contributed by atoms with E-state index in [1.807, 2.05) is 6.92 Å². The fourth-order valence-electron chi connectivity index (χ4n) is 0. The molecule has 0 saturated carbocycles. The number of hydrogen-bond donors (Lipinski definition) is 4. The normalized spacial score (nSPS) is 5.18. The molecule has 6 nitrogen and oxygen atoms in total. The van der Waals surface area contributed by atoms with Crippen LogP contribution in [0, 0.1) is 0 Å². The summed E-state index contributed by atoms with van der Waals surface area (Å²) in [4.78, 5) is 18.2. The Kier molecular flexibility index (Phi) is 32.6. The van der Waals surface area contributed by atoms with Crippen LogP contribution in [0.1, 0.15) is 6.92 Å². The van der Waals surface area contributed by atoms with Crippen LogP contribution in [0.2, 0.25) is 0 Å². The molecule has 0 heterocycles. The van der Waals surface area contributed by atoms with Gasteiger partial charge in [0.25, 0.3) is 0 Å². The summed E-state index contributed by atoms with van der Waals surface area (Å²) in [5.41, 5.74) is 0. The lowest BCUT2D eigenvalue weighted by Gasteiger charge is -1.72. The molecule has 11 heavy (non-hydrogen) atoms. The van der Waals surface area contributed by atoms with E-state index in [0.29, 0.717) is 0 Å². The molecule has 0 amide bonds. The van der Waals surface area contributed by atoms with E-state index in [2.05, 4.69) is 6.58 Å². The number of rotatable bonds is 0. The maximum atomic E-state index is 9.10. The van der Waals surface area contributed by atoms with Crippen LogP contribution in [-0.4, -0.2) is 22.2 Å². The van der Waals surface area contributed by atoms with Gasteiger partial charge in [0.15, 0.2) is 0 Å². The largest absolute Gasteiger partial charge is 0.473 e. The molecule has 0 bridgehead atoms. The molecule has 0 radical (unpaired) electrons. The third kappa shape index (κ3) is 55.4. The van der Waals surface area contributed by atoms with Crippen molar-refractivity contribution in [1.29, 1.82) is 0 Å². The lowest BCUT2D eigenvalue weighted by atomic mass is 10.7. The molecule has 0 saturated heterocycles. The maximum Gasteiger partial charge on any atom is 0.414 e. The van der Waals surface area contributed by atoms with E-state index >= 15 is 0 Å². The van der Waals surface area contributed by atoms with Crippen molar-refractivity contribution in [2.45, 2.75) is 6.92 Å². The van der Waals surface area contributed by atoms with Gasteiger partial charge in [0.2, 0.25) is 0 Å². The minimum Gasteiger partial charge on any atom is -0.473 e. The molecule has 0 aliphatic heterocycles. The molecular formula is C5H14N2O4. The number of hydrogen-bond acceptors (Lipinski definition) is 4. The molecule has 0 aromatic carbocycles. The lowest BCUT2D eigenvalue weighted by molar-refractivity contribution is -0.159. The average Bonchev–Trinajstić information content (AvgIpc) is 1.68. The smallest absolute Gasteiger partial charge is 0.414 e. The summed E-state index contributed by atoms with van der Waals surface area (Å²) in [6, 6.07) is 0. The second-order valence-electron chi connectivity index (χ2n) is 1.02. The van der Waals surface area contributed by atoms with E-state index in [9.17, 15) is 0 Å². The summed E-state index contributed by atoms with van der Waals surface area (Å²) in [7, 11) is 0. The van der Waals surface area contributed by atoms with Crippen molar-refractivity contribution in [3.8, 4) is 0 Å². The van der Waals surface area contributed by atoms with E-state index in [-0.39, 0.29) is 12.3 Å². The predicted molar refractivity (Wildman–Crippen MR) is 41.2 cm³/mol. The molecule has 0 fully saturated rings. The molecule has 0 aliphatic rings. The van der Waals surface area contributed by atoms with Crippen LogP contribution in [0.3, 0.4) is 0 Å². The highest BCUT2D eigenvalue weighted by atomic mass is 16.4. The van der Waals surface area contributed by atoms with Gasteiger partial charge in [-0.3, -0.25) is 0 Å². The topological polar surface area (TPSA) is 145 Å². The van der Waals surface area contributed by atoms with Crippen molar-refractivity contribution in [3.63, 3.8) is 0 Å². The van der Waals surface area contributed by atoms with Crippen molar-refractivity contribution in [1.82, 2.24) is 12.3 Å². The van der Waals surface area contributed by atoms with Gasteiger partial charge in [0, 0.05) is 0 Å². The molecule has 6 heteroatoms.